The van der Waals surface area contributed by atoms with Crippen molar-refractivity contribution < 1.29 is 9.90 Å². The van der Waals surface area contributed by atoms with Crippen LogP contribution in [0.2, 0.25) is 0 Å². The summed E-state index contributed by atoms with van der Waals surface area (Å²) in [6, 6.07) is 10.4. The van der Waals surface area contributed by atoms with Gasteiger partial charge in [0.25, 0.3) is 5.91 Å². The van der Waals surface area contributed by atoms with Crippen LogP contribution in [0.1, 0.15) is 25.8 Å². The normalized spacial score (nSPS) is 23.6. The molecule has 1 fully saturated rings. The molecule has 2 heterocycles. The van der Waals surface area contributed by atoms with E-state index in [1.165, 1.54) is 0 Å². The molecule has 0 aliphatic carbocycles. The Morgan fingerprint density at radius 2 is 2.04 bits per heavy atom. The lowest BCUT2D eigenvalue weighted by Gasteiger charge is -2.40. The smallest absolute Gasteiger partial charge is 0.256 e. The molecule has 136 valence electrons. The summed E-state index contributed by atoms with van der Waals surface area (Å²) in [6.45, 7) is 8.34. The van der Waals surface area contributed by atoms with E-state index in [-0.39, 0.29) is 12.0 Å². The molecule has 1 aromatic carbocycles. The molecule has 0 spiro atoms. The highest BCUT2D eigenvalue weighted by Gasteiger charge is 2.28. The second-order valence-electron chi connectivity index (χ2n) is 7.11. The molecule has 0 aromatic heterocycles. The van der Waals surface area contributed by atoms with Crippen LogP contribution >= 0.6 is 0 Å². The summed E-state index contributed by atoms with van der Waals surface area (Å²) in [6.07, 6.45) is 0.500. The lowest BCUT2D eigenvalue weighted by atomic mass is 10.1. The van der Waals surface area contributed by atoms with Crippen LogP contribution in [-0.2, 0) is 4.79 Å². The second-order valence-corrected chi connectivity index (χ2v) is 7.11. The van der Waals surface area contributed by atoms with E-state index in [9.17, 15) is 9.90 Å². The molecule has 2 aliphatic rings. The van der Waals surface area contributed by atoms with Crippen LogP contribution in [0.5, 0.6) is 0 Å². The van der Waals surface area contributed by atoms with Crippen molar-refractivity contribution in [2.24, 2.45) is 5.10 Å². The topological polar surface area (TPSA) is 59.4 Å². The van der Waals surface area contributed by atoms with Crippen molar-refractivity contribution in [2.75, 3.05) is 39.3 Å². The maximum atomic E-state index is 12.6. The van der Waals surface area contributed by atoms with Gasteiger partial charge in [0.1, 0.15) is 0 Å². The molecule has 6 nitrogen and oxygen atoms in total. The molecule has 6 heteroatoms. The van der Waals surface area contributed by atoms with Gasteiger partial charge in [0.2, 0.25) is 0 Å². The first kappa shape index (κ1) is 18.0. The number of aliphatic hydroxyl groups excluding tert-OH is 1. The molecule has 1 amide bonds. The number of carbonyl (C=O) groups is 1. The van der Waals surface area contributed by atoms with Crippen LogP contribution in [0, 0.1) is 0 Å². The maximum Gasteiger partial charge on any atom is 0.256 e. The molecular formula is C19H28N4O2. The number of amides is 1. The number of carbonyl (C=O) groups excluding carboxylic acids is 1. The van der Waals surface area contributed by atoms with E-state index in [1.54, 1.807) is 5.01 Å². The van der Waals surface area contributed by atoms with Gasteiger partial charge in [-0.2, -0.15) is 5.10 Å². The molecule has 0 unspecified atom stereocenters. The molecule has 0 radical (unpaired) electrons. The number of hydrazone groups is 1. The number of piperazine rings is 1. The predicted octanol–water partition coefficient (Wildman–Crippen LogP) is 1.01. The van der Waals surface area contributed by atoms with Gasteiger partial charge < -0.3 is 5.11 Å². The number of hydrogen-bond acceptors (Lipinski definition) is 5. The molecule has 1 N–H and O–H groups in total. The fraction of sp³-hybridized carbons (Fsp3) is 0.579. The Bertz CT molecular complexity index is 617. The van der Waals surface area contributed by atoms with E-state index in [1.807, 2.05) is 37.3 Å². The Morgan fingerprint density at radius 1 is 1.28 bits per heavy atom. The number of rotatable bonds is 5. The zero-order valence-corrected chi connectivity index (χ0v) is 15.1. The Balaban J connectivity index is 1.53. The molecule has 0 bridgehead atoms. The minimum absolute atomic E-state index is 0.0714. The first-order valence-corrected chi connectivity index (χ1v) is 9.10. The van der Waals surface area contributed by atoms with Crippen LogP contribution in [0.3, 0.4) is 0 Å². The van der Waals surface area contributed by atoms with E-state index in [0.29, 0.717) is 25.7 Å². The van der Waals surface area contributed by atoms with Gasteiger partial charge in [-0.05, 0) is 19.4 Å². The third-order valence-electron chi connectivity index (χ3n) is 4.90. The van der Waals surface area contributed by atoms with Gasteiger partial charge in [0.05, 0.1) is 24.9 Å². The summed E-state index contributed by atoms with van der Waals surface area (Å²) in [5.74, 6) is 0.0714. The van der Waals surface area contributed by atoms with Crippen molar-refractivity contribution in [3.8, 4) is 0 Å². The third-order valence-corrected chi connectivity index (χ3v) is 4.90. The van der Waals surface area contributed by atoms with Gasteiger partial charge in [0, 0.05) is 38.6 Å². The van der Waals surface area contributed by atoms with Gasteiger partial charge in [-0.25, -0.2) is 5.01 Å². The highest BCUT2D eigenvalue weighted by Crippen LogP contribution is 2.15. The number of aliphatic hydroxyl groups is 1. The first-order valence-electron chi connectivity index (χ1n) is 9.10. The summed E-state index contributed by atoms with van der Waals surface area (Å²) in [7, 11) is 0. The largest absolute Gasteiger partial charge is 0.392 e. The molecule has 3 rings (SSSR count). The molecule has 2 atom stereocenters. The SMILES string of the molecule is C[C@H](O)CN1CCN(CC(=O)N2CCC(c3ccccc3)=N2)C[C@H]1C. The second kappa shape index (κ2) is 8.08. The van der Waals surface area contributed by atoms with Crippen molar-refractivity contribution >= 4 is 11.6 Å². The minimum atomic E-state index is -0.314. The minimum Gasteiger partial charge on any atom is -0.392 e. The standard InChI is InChI=1S/C19H28N4O2/c1-15-12-21(10-11-22(15)13-16(2)24)14-19(25)23-9-8-18(20-23)17-6-4-3-5-7-17/h3-7,15-16,24H,8-14H2,1-2H3/t15-,16+/m1/s1. The first-order chi connectivity index (χ1) is 12.0. The molecular weight excluding hydrogens is 316 g/mol. The van der Waals surface area contributed by atoms with Crippen molar-refractivity contribution in [3.63, 3.8) is 0 Å². The third kappa shape index (κ3) is 4.66. The molecule has 1 saturated heterocycles. The average Bonchev–Trinajstić information content (AvgIpc) is 3.08. The predicted molar refractivity (Wildman–Crippen MR) is 98.5 cm³/mol. The van der Waals surface area contributed by atoms with E-state index in [2.05, 4.69) is 21.8 Å². The Kier molecular flexibility index (Phi) is 5.83. The van der Waals surface area contributed by atoms with E-state index >= 15 is 0 Å². The number of nitrogens with zero attached hydrogens (tertiary/aromatic N) is 4. The fourth-order valence-electron chi connectivity index (χ4n) is 3.57. The van der Waals surface area contributed by atoms with Crippen LogP contribution in [-0.4, -0.2) is 82.9 Å². The van der Waals surface area contributed by atoms with Gasteiger partial charge in [-0.3, -0.25) is 14.6 Å². The van der Waals surface area contributed by atoms with Gasteiger partial charge >= 0.3 is 0 Å². The van der Waals surface area contributed by atoms with Gasteiger partial charge in [-0.1, -0.05) is 30.3 Å². The highest BCUT2D eigenvalue weighted by atomic mass is 16.3. The summed E-state index contributed by atoms with van der Waals surface area (Å²) in [5, 5.41) is 15.7. The van der Waals surface area contributed by atoms with Crippen LogP contribution in [0.4, 0.5) is 0 Å². The van der Waals surface area contributed by atoms with Crippen molar-refractivity contribution in [3.05, 3.63) is 35.9 Å². The van der Waals surface area contributed by atoms with Crippen molar-refractivity contribution in [1.29, 1.82) is 0 Å². The average molecular weight is 344 g/mol. The highest BCUT2D eigenvalue weighted by molar-refractivity contribution is 6.02. The Labute approximate surface area is 149 Å². The zero-order valence-electron chi connectivity index (χ0n) is 15.1. The number of β-amino-alcohol motifs (C(OH)–C–C–N with tert-alkyl or cyclic N) is 1. The van der Waals surface area contributed by atoms with Crippen LogP contribution in [0.15, 0.2) is 35.4 Å². The fourth-order valence-corrected chi connectivity index (χ4v) is 3.57. The van der Waals surface area contributed by atoms with E-state index < -0.39 is 0 Å². The van der Waals surface area contributed by atoms with Gasteiger partial charge in [0.15, 0.2) is 0 Å². The lowest BCUT2D eigenvalue weighted by molar-refractivity contribution is -0.132. The lowest BCUT2D eigenvalue weighted by Crippen LogP contribution is -2.55. The number of benzene rings is 1. The molecule has 25 heavy (non-hydrogen) atoms. The molecule has 2 aliphatic heterocycles. The zero-order chi connectivity index (χ0) is 17.8. The van der Waals surface area contributed by atoms with Crippen LogP contribution < -0.4 is 0 Å². The Hall–Kier alpha value is -1.76. The van der Waals surface area contributed by atoms with E-state index in [4.69, 9.17) is 0 Å². The van der Waals surface area contributed by atoms with Crippen LogP contribution in [0.25, 0.3) is 0 Å². The van der Waals surface area contributed by atoms with E-state index in [0.717, 1.165) is 37.3 Å². The number of hydrogen-bond donors (Lipinski definition) is 1. The summed E-state index contributed by atoms with van der Waals surface area (Å²) in [5.41, 5.74) is 2.09. The van der Waals surface area contributed by atoms with Crippen molar-refractivity contribution in [2.45, 2.75) is 32.4 Å². The maximum absolute atomic E-state index is 12.6. The summed E-state index contributed by atoms with van der Waals surface area (Å²) in [4.78, 5) is 17.1. The quantitative estimate of drug-likeness (QED) is 0.866. The molecule has 1 aromatic rings. The van der Waals surface area contributed by atoms with Gasteiger partial charge in [-0.15, -0.1) is 0 Å². The Morgan fingerprint density at radius 3 is 2.72 bits per heavy atom. The summed E-state index contributed by atoms with van der Waals surface area (Å²) < 4.78 is 0. The monoisotopic (exact) mass is 344 g/mol. The molecule has 0 saturated carbocycles. The van der Waals surface area contributed by atoms with Crippen molar-refractivity contribution in [1.82, 2.24) is 14.8 Å². The summed E-state index contributed by atoms with van der Waals surface area (Å²) >= 11 is 0.